The number of alkyl carbamates (subject to hydrolysis) is 1. The molecule has 1 aliphatic carbocycles. The molecular weight excluding hydrogens is 446 g/mol. The van der Waals surface area contributed by atoms with Crippen molar-refractivity contribution in [1.29, 1.82) is 0 Å². The zero-order valence-electron chi connectivity index (χ0n) is 20.8. The summed E-state index contributed by atoms with van der Waals surface area (Å²) in [6, 6.07) is 14.1. The average Bonchev–Trinajstić information content (AvgIpc) is 3.13. The molecule has 0 aliphatic heterocycles. The van der Waals surface area contributed by atoms with Crippen LogP contribution in [0.5, 0.6) is 0 Å². The Kier molecular flexibility index (Phi) is 8.87. The van der Waals surface area contributed by atoms with Crippen LogP contribution in [0.15, 0.2) is 48.5 Å². The number of carbonyl (C=O) groups excluding carboxylic acids is 2. The van der Waals surface area contributed by atoms with Gasteiger partial charge in [-0.2, -0.15) is 0 Å². The fourth-order valence-corrected chi connectivity index (χ4v) is 4.37. The minimum absolute atomic E-state index is 0.0956. The van der Waals surface area contributed by atoms with Crippen LogP contribution in [0.25, 0.3) is 11.1 Å². The topological polar surface area (TPSA) is 108 Å². The Balaban J connectivity index is 1.65. The number of carboxylic acids is 1. The number of hydrogen-bond donors (Lipinski definition) is 3. The van der Waals surface area contributed by atoms with Crippen molar-refractivity contribution in [3.63, 3.8) is 0 Å². The second-order valence-corrected chi connectivity index (χ2v) is 9.66. The second kappa shape index (κ2) is 11.8. The molecule has 0 bridgehead atoms. The summed E-state index contributed by atoms with van der Waals surface area (Å²) in [5.74, 6) is -1.43. The number of carbonyl (C=O) groups is 3. The smallest absolute Gasteiger partial charge is 0.407 e. The van der Waals surface area contributed by atoms with E-state index in [1.807, 2.05) is 50.2 Å². The van der Waals surface area contributed by atoms with Gasteiger partial charge in [0.1, 0.15) is 18.7 Å². The lowest BCUT2D eigenvalue weighted by Gasteiger charge is -2.24. The number of rotatable bonds is 11. The first kappa shape index (κ1) is 26.2. The molecule has 0 spiro atoms. The lowest BCUT2D eigenvalue weighted by molar-refractivity contribution is -0.142. The summed E-state index contributed by atoms with van der Waals surface area (Å²) in [5.41, 5.74) is 4.45. The fourth-order valence-electron chi connectivity index (χ4n) is 4.37. The van der Waals surface area contributed by atoms with Crippen LogP contribution in [-0.4, -0.2) is 67.3 Å². The fraction of sp³-hybridized carbons (Fsp3) is 0.444. The maximum Gasteiger partial charge on any atom is 0.407 e. The molecule has 2 aromatic carbocycles. The van der Waals surface area contributed by atoms with Crippen molar-refractivity contribution in [2.45, 2.75) is 44.7 Å². The van der Waals surface area contributed by atoms with E-state index in [0.29, 0.717) is 18.8 Å². The van der Waals surface area contributed by atoms with E-state index >= 15 is 0 Å². The highest BCUT2D eigenvalue weighted by molar-refractivity contribution is 5.89. The Hall–Kier alpha value is -3.39. The van der Waals surface area contributed by atoms with E-state index in [-0.39, 0.29) is 19.1 Å². The van der Waals surface area contributed by atoms with Crippen molar-refractivity contribution < 1.29 is 24.2 Å². The molecule has 188 valence electrons. The summed E-state index contributed by atoms with van der Waals surface area (Å²) in [7, 11) is 3.54. The summed E-state index contributed by atoms with van der Waals surface area (Å²) in [6.07, 6.45) is 0.260. The van der Waals surface area contributed by atoms with Gasteiger partial charge in [-0.05, 0) is 55.1 Å². The highest BCUT2D eigenvalue weighted by Gasteiger charge is 2.31. The van der Waals surface area contributed by atoms with E-state index in [0.717, 1.165) is 22.3 Å². The molecule has 2 aromatic rings. The number of benzene rings is 2. The molecule has 0 saturated carbocycles. The predicted octanol–water partition coefficient (Wildman–Crippen LogP) is 3.46. The molecule has 1 aliphatic rings. The number of likely N-dealkylation sites (N-methyl/N-ethyl adjacent to an activating group) is 1. The summed E-state index contributed by atoms with van der Waals surface area (Å²) in [4.78, 5) is 39.0. The molecule has 3 N–H and O–H groups in total. The molecule has 3 rings (SSSR count). The van der Waals surface area contributed by atoms with E-state index in [2.05, 4.69) is 22.8 Å². The quantitative estimate of drug-likeness (QED) is 0.454. The zero-order valence-corrected chi connectivity index (χ0v) is 20.8. The van der Waals surface area contributed by atoms with Crippen molar-refractivity contribution in [1.82, 2.24) is 15.5 Å². The highest BCUT2D eigenvalue weighted by Crippen LogP contribution is 2.44. The van der Waals surface area contributed by atoms with Gasteiger partial charge in [0.2, 0.25) is 5.91 Å². The van der Waals surface area contributed by atoms with Gasteiger partial charge in [0, 0.05) is 12.5 Å². The van der Waals surface area contributed by atoms with Gasteiger partial charge in [0.05, 0.1) is 0 Å². The van der Waals surface area contributed by atoms with Crippen molar-refractivity contribution in [3.8, 4) is 11.1 Å². The monoisotopic (exact) mass is 481 g/mol. The molecule has 2 atom stereocenters. The molecule has 2 amide bonds. The molecule has 8 nitrogen and oxygen atoms in total. The normalized spacial score (nSPS) is 14.2. The zero-order chi connectivity index (χ0) is 25.5. The first-order chi connectivity index (χ1) is 16.7. The highest BCUT2D eigenvalue weighted by atomic mass is 16.5. The molecule has 0 saturated heterocycles. The number of nitrogens with one attached hydrogen (secondary N) is 2. The van der Waals surface area contributed by atoms with Gasteiger partial charge in [-0.15, -0.1) is 0 Å². The Morgan fingerprint density at radius 1 is 0.914 bits per heavy atom. The summed E-state index contributed by atoms with van der Waals surface area (Å²) in [6.45, 7) is 4.32. The summed E-state index contributed by atoms with van der Waals surface area (Å²) in [5, 5.41) is 14.7. The standard InChI is InChI=1S/C27H35N3O5/c1-17(2)13-14-23(26(32)33)28-25(31)24(15-30(3)4)29-27(34)35-16-22-20-11-7-5-9-18(20)19-10-6-8-12-21(19)22/h5-12,17,22-24H,13-16H2,1-4H3,(H,28,31)(H,29,34)(H,32,33)/t23?,24-/m0/s1. The molecule has 8 heteroatoms. The van der Waals surface area contributed by atoms with Crippen LogP contribution in [0.3, 0.4) is 0 Å². The maximum atomic E-state index is 12.9. The molecule has 0 heterocycles. The van der Waals surface area contributed by atoms with Gasteiger partial charge in [0.25, 0.3) is 0 Å². The van der Waals surface area contributed by atoms with Crippen molar-refractivity contribution in [3.05, 3.63) is 59.7 Å². The largest absolute Gasteiger partial charge is 0.480 e. The van der Waals surface area contributed by atoms with E-state index in [4.69, 9.17) is 4.74 Å². The number of ether oxygens (including phenoxy) is 1. The van der Waals surface area contributed by atoms with Gasteiger partial charge < -0.3 is 25.4 Å². The van der Waals surface area contributed by atoms with Crippen LogP contribution < -0.4 is 10.6 Å². The predicted molar refractivity (Wildman–Crippen MR) is 134 cm³/mol. The summed E-state index contributed by atoms with van der Waals surface area (Å²) < 4.78 is 5.57. The first-order valence-electron chi connectivity index (χ1n) is 12.0. The minimum atomic E-state index is -1.09. The molecule has 1 unspecified atom stereocenters. The molecule has 0 radical (unpaired) electrons. The third kappa shape index (κ3) is 6.82. The van der Waals surface area contributed by atoms with E-state index < -0.39 is 30.1 Å². The Bertz CT molecular complexity index is 1010. The number of fused-ring (bicyclic) bond motifs is 3. The molecule has 0 aromatic heterocycles. The van der Waals surface area contributed by atoms with Crippen LogP contribution in [0.4, 0.5) is 4.79 Å². The van der Waals surface area contributed by atoms with Gasteiger partial charge >= 0.3 is 12.1 Å². The summed E-state index contributed by atoms with van der Waals surface area (Å²) >= 11 is 0. The van der Waals surface area contributed by atoms with Crippen molar-refractivity contribution in [2.75, 3.05) is 27.2 Å². The number of amides is 2. The SMILES string of the molecule is CC(C)CCC(NC(=O)[C@H](CN(C)C)NC(=O)OCC1c2ccccc2-c2ccccc21)C(=O)O. The van der Waals surface area contributed by atoms with E-state index in [1.54, 1.807) is 19.0 Å². The van der Waals surface area contributed by atoms with Crippen LogP contribution in [0.1, 0.15) is 43.7 Å². The molecular formula is C27H35N3O5. The van der Waals surface area contributed by atoms with E-state index in [9.17, 15) is 19.5 Å². The van der Waals surface area contributed by atoms with E-state index in [1.165, 1.54) is 0 Å². The third-order valence-corrected chi connectivity index (χ3v) is 6.15. The van der Waals surface area contributed by atoms with Gasteiger partial charge in [-0.3, -0.25) is 4.79 Å². The first-order valence-corrected chi connectivity index (χ1v) is 12.0. The number of carboxylic acid groups (broad SMARTS) is 1. The number of aliphatic carboxylic acids is 1. The third-order valence-electron chi connectivity index (χ3n) is 6.15. The second-order valence-electron chi connectivity index (χ2n) is 9.66. The lowest BCUT2D eigenvalue weighted by atomic mass is 9.98. The number of hydrogen-bond acceptors (Lipinski definition) is 5. The minimum Gasteiger partial charge on any atom is -0.480 e. The molecule has 35 heavy (non-hydrogen) atoms. The van der Waals surface area contributed by atoms with Crippen LogP contribution in [-0.2, 0) is 14.3 Å². The van der Waals surface area contributed by atoms with Gasteiger partial charge in [0.15, 0.2) is 0 Å². The lowest BCUT2D eigenvalue weighted by Crippen LogP contribution is -2.55. The van der Waals surface area contributed by atoms with Gasteiger partial charge in [-0.1, -0.05) is 62.4 Å². The van der Waals surface area contributed by atoms with Crippen molar-refractivity contribution in [2.24, 2.45) is 5.92 Å². The Morgan fingerprint density at radius 2 is 1.49 bits per heavy atom. The van der Waals surface area contributed by atoms with Crippen LogP contribution in [0.2, 0.25) is 0 Å². The maximum absolute atomic E-state index is 12.9. The van der Waals surface area contributed by atoms with Crippen molar-refractivity contribution >= 4 is 18.0 Å². The average molecular weight is 482 g/mol. The number of nitrogens with zero attached hydrogens (tertiary/aromatic N) is 1. The Morgan fingerprint density at radius 3 is 2.00 bits per heavy atom. The van der Waals surface area contributed by atoms with Crippen LogP contribution in [0, 0.1) is 5.92 Å². The van der Waals surface area contributed by atoms with Crippen LogP contribution >= 0.6 is 0 Å². The molecule has 0 fully saturated rings. The Labute approximate surface area is 206 Å². The van der Waals surface area contributed by atoms with Gasteiger partial charge in [-0.25, -0.2) is 9.59 Å².